The number of nitrogens with zero attached hydrogens (tertiary/aromatic N) is 2. The number of aromatic nitrogens is 2. The van der Waals surface area contributed by atoms with Crippen LogP contribution >= 0.6 is 0 Å². The minimum Gasteiger partial charge on any atom is -0.397 e. The Hall–Kier alpha value is -2.02. The molecule has 0 spiro atoms. The summed E-state index contributed by atoms with van der Waals surface area (Å²) in [5.74, 6) is 0. The predicted octanol–water partition coefficient (Wildman–Crippen LogP) is 1.02. The summed E-state index contributed by atoms with van der Waals surface area (Å²) in [5.41, 5.74) is 8.07. The van der Waals surface area contributed by atoms with E-state index in [1.54, 1.807) is 18.3 Å². The van der Waals surface area contributed by atoms with Crippen molar-refractivity contribution in [1.29, 1.82) is 5.26 Å². The number of H-pyrrole nitrogens is 1. The maximum absolute atomic E-state index is 8.58. The normalized spacial score (nSPS) is 9.92. The third-order valence-corrected chi connectivity index (χ3v) is 1.66. The van der Waals surface area contributed by atoms with Gasteiger partial charge in [-0.15, -0.1) is 0 Å². The molecule has 0 aliphatic heterocycles. The van der Waals surface area contributed by atoms with Crippen molar-refractivity contribution in [2.24, 2.45) is 0 Å². The molecule has 0 fully saturated rings. The molecule has 12 heavy (non-hydrogen) atoms. The number of pyridine rings is 1. The standard InChI is InChI=1S/C8H6N4/c9-4-5-3-6(10)8-7(12-5)1-2-11-8/h1-3,11H,(H2,10,12). The van der Waals surface area contributed by atoms with Gasteiger partial charge in [-0.05, 0) is 12.1 Å². The van der Waals surface area contributed by atoms with Gasteiger partial charge in [0.15, 0.2) is 0 Å². The highest BCUT2D eigenvalue weighted by atomic mass is 14.8. The van der Waals surface area contributed by atoms with Crippen LogP contribution in [0.2, 0.25) is 0 Å². The van der Waals surface area contributed by atoms with Gasteiger partial charge in [0.1, 0.15) is 11.8 Å². The van der Waals surface area contributed by atoms with Crippen LogP contribution < -0.4 is 5.73 Å². The van der Waals surface area contributed by atoms with Crippen LogP contribution in [0.1, 0.15) is 5.69 Å². The summed E-state index contributed by atoms with van der Waals surface area (Å²) in [5, 5.41) is 8.58. The zero-order valence-corrected chi connectivity index (χ0v) is 6.20. The van der Waals surface area contributed by atoms with Crippen LogP contribution in [0.3, 0.4) is 0 Å². The highest BCUT2D eigenvalue weighted by Gasteiger charge is 2.02. The van der Waals surface area contributed by atoms with Crippen molar-refractivity contribution in [2.45, 2.75) is 0 Å². The first-order chi connectivity index (χ1) is 5.81. The number of fused-ring (bicyclic) bond motifs is 1. The van der Waals surface area contributed by atoms with Crippen LogP contribution in [0.25, 0.3) is 11.0 Å². The molecule has 0 atom stereocenters. The number of rotatable bonds is 0. The third-order valence-electron chi connectivity index (χ3n) is 1.66. The van der Waals surface area contributed by atoms with Crippen LogP contribution in [-0.4, -0.2) is 9.97 Å². The van der Waals surface area contributed by atoms with Gasteiger partial charge in [0.2, 0.25) is 0 Å². The molecule has 0 aliphatic carbocycles. The van der Waals surface area contributed by atoms with E-state index in [9.17, 15) is 0 Å². The Kier molecular flexibility index (Phi) is 1.25. The van der Waals surface area contributed by atoms with Gasteiger partial charge < -0.3 is 10.7 Å². The monoisotopic (exact) mass is 158 g/mol. The number of nitriles is 1. The highest BCUT2D eigenvalue weighted by Crippen LogP contribution is 2.17. The van der Waals surface area contributed by atoms with Gasteiger partial charge in [-0.2, -0.15) is 5.26 Å². The lowest BCUT2D eigenvalue weighted by Crippen LogP contribution is -1.90. The van der Waals surface area contributed by atoms with Crippen LogP contribution in [-0.2, 0) is 0 Å². The topological polar surface area (TPSA) is 78.5 Å². The Labute approximate surface area is 68.6 Å². The van der Waals surface area contributed by atoms with Gasteiger partial charge in [0.05, 0.1) is 16.7 Å². The van der Waals surface area contributed by atoms with E-state index >= 15 is 0 Å². The van der Waals surface area contributed by atoms with E-state index in [2.05, 4.69) is 9.97 Å². The van der Waals surface area contributed by atoms with Crippen molar-refractivity contribution < 1.29 is 0 Å². The fourth-order valence-corrected chi connectivity index (χ4v) is 1.12. The molecular formula is C8H6N4. The molecule has 4 heteroatoms. The van der Waals surface area contributed by atoms with E-state index in [1.165, 1.54) is 0 Å². The maximum Gasteiger partial charge on any atom is 0.143 e. The summed E-state index contributed by atoms with van der Waals surface area (Å²) >= 11 is 0. The number of nitrogens with two attached hydrogens (primary N) is 1. The zero-order valence-electron chi connectivity index (χ0n) is 6.20. The Balaban J connectivity index is 2.86. The number of hydrogen-bond donors (Lipinski definition) is 2. The molecule has 0 radical (unpaired) electrons. The van der Waals surface area contributed by atoms with Crippen LogP contribution in [0.15, 0.2) is 18.3 Å². The van der Waals surface area contributed by atoms with Gasteiger partial charge in [-0.25, -0.2) is 4.98 Å². The molecule has 2 heterocycles. The Morgan fingerprint density at radius 3 is 3.17 bits per heavy atom. The van der Waals surface area contributed by atoms with Gasteiger partial charge in [-0.3, -0.25) is 0 Å². The fourth-order valence-electron chi connectivity index (χ4n) is 1.12. The largest absolute Gasteiger partial charge is 0.397 e. The summed E-state index contributed by atoms with van der Waals surface area (Å²) in [6, 6.07) is 5.28. The smallest absolute Gasteiger partial charge is 0.143 e. The molecule has 0 bridgehead atoms. The minimum atomic E-state index is 0.347. The molecule has 3 N–H and O–H groups in total. The van der Waals surface area contributed by atoms with Crippen molar-refractivity contribution in [3.8, 4) is 6.07 Å². The van der Waals surface area contributed by atoms with Crippen molar-refractivity contribution in [3.05, 3.63) is 24.0 Å². The number of hydrogen-bond acceptors (Lipinski definition) is 3. The molecule has 0 unspecified atom stereocenters. The summed E-state index contributed by atoms with van der Waals surface area (Å²) in [6.07, 6.45) is 1.75. The van der Waals surface area contributed by atoms with E-state index < -0.39 is 0 Å². The molecule has 0 saturated heterocycles. The van der Waals surface area contributed by atoms with Crippen LogP contribution in [0.5, 0.6) is 0 Å². The fraction of sp³-hybridized carbons (Fsp3) is 0. The highest BCUT2D eigenvalue weighted by molar-refractivity contribution is 5.87. The number of anilines is 1. The van der Waals surface area contributed by atoms with Gasteiger partial charge in [-0.1, -0.05) is 0 Å². The Bertz CT molecular complexity index is 463. The molecule has 2 aromatic heterocycles. The third kappa shape index (κ3) is 0.805. The second-order valence-corrected chi connectivity index (χ2v) is 2.45. The van der Waals surface area contributed by atoms with E-state index in [4.69, 9.17) is 11.0 Å². The summed E-state index contributed by atoms with van der Waals surface area (Å²) in [6.45, 7) is 0. The Morgan fingerprint density at radius 2 is 2.42 bits per heavy atom. The van der Waals surface area contributed by atoms with E-state index in [0.717, 1.165) is 11.0 Å². The second-order valence-electron chi connectivity index (χ2n) is 2.45. The quantitative estimate of drug-likeness (QED) is 0.600. The van der Waals surface area contributed by atoms with Gasteiger partial charge in [0, 0.05) is 6.20 Å². The van der Waals surface area contributed by atoms with E-state index in [1.807, 2.05) is 6.07 Å². The Morgan fingerprint density at radius 1 is 1.58 bits per heavy atom. The molecule has 0 amide bonds. The molecule has 0 aromatic carbocycles. The van der Waals surface area contributed by atoms with Gasteiger partial charge in [0.25, 0.3) is 0 Å². The average molecular weight is 158 g/mol. The molecule has 2 rings (SSSR count). The first kappa shape index (κ1) is 6.68. The average Bonchev–Trinajstić information content (AvgIpc) is 2.52. The number of nitrogen functional groups attached to an aromatic ring is 1. The second kappa shape index (κ2) is 2.24. The lowest BCUT2D eigenvalue weighted by molar-refractivity contribution is 1.33. The van der Waals surface area contributed by atoms with Crippen LogP contribution in [0, 0.1) is 11.3 Å². The van der Waals surface area contributed by atoms with E-state index in [0.29, 0.717) is 11.4 Å². The minimum absolute atomic E-state index is 0.347. The van der Waals surface area contributed by atoms with Crippen molar-refractivity contribution in [3.63, 3.8) is 0 Å². The molecule has 0 aliphatic rings. The lowest BCUT2D eigenvalue weighted by atomic mass is 10.3. The van der Waals surface area contributed by atoms with Crippen molar-refractivity contribution in [1.82, 2.24) is 9.97 Å². The maximum atomic E-state index is 8.58. The van der Waals surface area contributed by atoms with E-state index in [-0.39, 0.29) is 0 Å². The summed E-state index contributed by atoms with van der Waals surface area (Å²) in [4.78, 5) is 6.98. The molecular weight excluding hydrogens is 152 g/mol. The zero-order chi connectivity index (χ0) is 8.55. The van der Waals surface area contributed by atoms with Crippen LogP contribution in [0.4, 0.5) is 5.69 Å². The molecule has 4 nitrogen and oxygen atoms in total. The molecule has 2 aromatic rings. The van der Waals surface area contributed by atoms with Crippen molar-refractivity contribution in [2.75, 3.05) is 5.73 Å². The van der Waals surface area contributed by atoms with Gasteiger partial charge >= 0.3 is 0 Å². The lowest BCUT2D eigenvalue weighted by Gasteiger charge is -1.95. The summed E-state index contributed by atoms with van der Waals surface area (Å²) in [7, 11) is 0. The number of nitrogens with one attached hydrogen (secondary N) is 1. The summed E-state index contributed by atoms with van der Waals surface area (Å²) < 4.78 is 0. The van der Waals surface area contributed by atoms with Crippen molar-refractivity contribution >= 4 is 16.7 Å². The first-order valence-electron chi connectivity index (χ1n) is 3.45. The SMILES string of the molecule is N#Cc1cc(N)c2[nH]ccc2n1. The molecule has 58 valence electrons. The first-order valence-corrected chi connectivity index (χ1v) is 3.45. The molecule has 0 saturated carbocycles. The number of aromatic amines is 1. The predicted molar refractivity (Wildman–Crippen MR) is 45.2 cm³/mol.